The first-order valence-corrected chi connectivity index (χ1v) is 8.24. The monoisotopic (exact) mass is 307 g/mol. The molecule has 0 bridgehead atoms. The van der Waals surface area contributed by atoms with Crippen molar-refractivity contribution in [1.29, 1.82) is 0 Å². The molecule has 1 aromatic rings. The SMILES string of the molecule is CSc1cccc(NC(=O)N2CCC[C@@H](C(N)=O)C2)c1C. The van der Waals surface area contributed by atoms with Crippen molar-refractivity contribution in [2.45, 2.75) is 24.7 Å². The molecule has 1 saturated heterocycles. The number of anilines is 1. The largest absolute Gasteiger partial charge is 0.369 e. The summed E-state index contributed by atoms with van der Waals surface area (Å²) < 4.78 is 0. The van der Waals surface area contributed by atoms with E-state index in [0.29, 0.717) is 13.1 Å². The van der Waals surface area contributed by atoms with E-state index in [1.165, 1.54) is 0 Å². The highest BCUT2D eigenvalue weighted by atomic mass is 32.2. The molecule has 1 fully saturated rings. The summed E-state index contributed by atoms with van der Waals surface area (Å²) in [5, 5.41) is 2.94. The van der Waals surface area contributed by atoms with Crippen LogP contribution >= 0.6 is 11.8 Å². The van der Waals surface area contributed by atoms with E-state index in [2.05, 4.69) is 5.32 Å². The van der Waals surface area contributed by atoms with Crippen LogP contribution in [0.2, 0.25) is 0 Å². The zero-order valence-electron chi connectivity index (χ0n) is 12.4. The molecule has 0 radical (unpaired) electrons. The van der Waals surface area contributed by atoms with Gasteiger partial charge >= 0.3 is 6.03 Å². The molecule has 5 nitrogen and oxygen atoms in total. The van der Waals surface area contributed by atoms with Crippen LogP contribution in [0.1, 0.15) is 18.4 Å². The van der Waals surface area contributed by atoms with Gasteiger partial charge in [-0.3, -0.25) is 4.79 Å². The van der Waals surface area contributed by atoms with Crippen molar-refractivity contribution in [3.05, 3.63) is 23.8 Å². The summed E-state index contributed by atoms with van der Waals surface area (Å²) >= 11 is 1.65. The van der Waals surface area contributed by atoms with Gasteiger partial charge < -0.3 is 16.0 Å². The first kappa shape index (κ1) is 15.7. The molecule has 0 spiro atoms. The second kappa shape index (κ2) is 6.85. The van der Waals surface area contributed by atoms with Gasteiger partial charge in [0.15, 0.2) is 0 Å². The Morgan fingerprint density at radius 2 is 2.19 bits per heavy atom. The van der Waals surface area contributed by atoms with Gasteiger partial charge in [0.2, 0.25) is 5.91 Å². The molecule has 0 aromatic heterocycles. The van der Waals surface area contributed by atoms with E-state index in [1.807, 2.05) is 31.4 Å². The summed E-state index contributed by atoms with van der Waals surface area (Å²) in [6.07, 6.45) is 3.58. The Bertz CT molecular complexity index is 548. The molecular formula is C15H21N3O2S. The lowest BCUT2D eigenvalue weighted by Gasteiger charge is -2.31. The summed E-state index contributed by atoms with van der Waals surface area (Å²) in [5.74, 6) is -0.559. The zero-order valence-corrected chi connectivity index (χ0v) is 13.2. The van der Waals surface area contributed by atoms with E-state index in [4.69, 9.17) is 5.73 Å². The third-order valence-corrected chi connectivity index (χ3v) is 4.74. The molecule has 1 aliphatic rings. The van der Waals surface area contributed by atoms with Crippen LogP contribution in [0.15, 0.2) is 23.1 Å². The smallest absolute Gasteiger partial charge is 0.321 e. The fraction of sp³-hybridized carbons (Fsp3) is 0.467. The van der Waals surface area contributed by atoms with Crippen molar-refractivity contribution in [3.63, 3.8) is 0 Å². The Hall–Kier alpha value is -1.69. The van der Waals surface area contributed by atoms with Crippen molar-refractivity contribution < 1.29 is 9.59 Å². The lowest BCUT2D eigenvalue weighted by atomic mass is 9.98. The average Bonchev–Trinajstić information content (AvgIpc) is 2.49. The second-order valence-corrected chi connectivity index (χ2v) is 6.10. The number of carbonyl (C=O) groups excluding carboxylic acids is 2. The normalized spacial score (nSPS) is 18.4. The maximum Gasteiger partial charge on any atom is 0.321 e. The predicted octanol–water partition coefficient (Wildman–Crippen LogP) is 2.45. The number of rotatable bonds is 3. The highest BCUT2D eigenvalue weighted by Crippen LogP contribution is 2.26. The van der Waals surface area contributed by atoms with E-state index >= 15 is 0 Å². The van der Waals surface area contributed by atoms with Crippen LogP contribution in [0, 0.1) is 12.8 Å². The van der Waals surface area contributed by atoms with Crippen LogP contribution < -0.4 is 11.1 Å². The number of primary amides is 1. The number of nitrogens with two attached hydrogens (primary N) is 1. The molecule has 0 unspecified atom stereocenters. The van der Waals surface area contributed by atoms with Crippen LogP contribution in [-0.2, 0) is 4.79 Å². The Labute approximate surface area is 129 Å². The minimum absolute atomic E-state index is 0.165. The van der Waals surface area contributed by atoms with Gasteiger partial charge in [-0.05, 0) is 43.7 Å². The molecule has 1 aromatic carbocycles. The predicted molar refractivity (Wildman–Crippen MR) is 85.5 cm³/mol. The highest BCUT2D eigenvalue weighted by Gasteiger charge is 2.27. The van der Waals surface area contributed by atoms with Crippen LogP contribution in [0.5, 0.6) is 0 Å². The van der Waals surface area contributed by atoms with E-state index in [-0.39, 0.29) is 17.9 Å². The maximum atomic E-state index is 12.3. The quantitative estimate of drug-likeness (QED) is 0.842. The van der Waals surface area contributed by atoms with Gasteiger partial charge in [-0.1, -0.05) is 6.07 Å². The zero-order chi connectivity index (χ0) is 15.4. The number of amides is 3. The number of benzene rings is 1. The number of nitrogens with one attached hydrogen (secondary N) is 1. The summed E-state index contributed by atoms with van der Waals surface area (Å²) in [6.45, 7) is 3.06. The lowest BCUT2D eigenvalue weighted by molar-refractivity contribution is -0.123. The number of carbonyl (C=O) groups is 2. The number of likely N-dealkylation sites (tertiary alicyclic amines) is 1. The number of urea groups is 1. The van der Waals surface area contributed by atoms with Crippen LogP contribution in [-0.4, -0.2) is 36.2 Å². The minimum Gasteiger partial charge on any atom is -0.369 e. The van der Waals surface area contributed by atoms with E-state index < -0.39 is 0 Å². The number of piperidine rings is 1. The second-order valence-electron chi connectivity index (χ2n) is 5.25. The van der Waals surface area contributed by atoms with Crippen molar-refractivity contribution in [1.82, 2.24) is 4.90 Å². The minimum atomic E-state index is -0.326. The topological polar surface area (TPSA) is 75.4 Å². The number of hydrogen-bond acceptors (Lipinski definition) is 3. The first-order valence-electron chi connectivity index (χ1n) is 7.01. The molecule has 2 rings (SSSR count). The van der Waals surface area contributed by atoms with Gasteiger partial charge in [0.25, 0.3) is 0 Å². The van der Waals surface area contributed by atoms with Crippen molar-refractivity contribution >= 4 is 29.4 Å². The standard InChI is InChI=1S/C15H21N3O2S/c1-10-12(6-3-7-13(10)21-2)17-15(20)18-8-4-5-11(9-18)14(16)19/h3,6-7,11H,4-5,8-9H2,1-2H3,(H2,16,19)(H,17,20)/t11-/m1/s1. The van der Waals surface area contributed by atoms with Crippen molar-refractivity contribution in [2.24, 2.45) is 11.7 Å². The molecule has 1 heterocycles. The molecular weight excluding hydrogens is 286 g/mol. The summed E-state index contributed by atoms with van der Waals surface area (Å²) in [5.41, 5.74) is 7.21. The van der Waals surface area contributed by atoms with Gasteiger partial charge in [0, 0.05) is 23.7 Å². The Balaban J connectivity index is 2.06. The summed E-state index contributed by atoms with van der Waals surface area (Å²) in [6, 6.07) is 5.68. The van der Waals surface area contributed by atoms with Gasteiger partial charge in [0.05, 0.1) is 5.92 Å². The number of hydrogen-bond donors (Lipinski definition) is 2. The van der Waals surface area contributed by atoms with Gasteiger partial charge in [0.1, 0.15) is 0 Å². The summed E-state index contributed by atoms with van der Waals surface area (Å²) in [4.78, 5) is 26.4. The fourth-order valence-corrected chi connectivity index (χ4v) is 3.19. The average molecular weight is 307 g/mol. The molecule has 3 amide bonds. The fourth-order valence-electron chi connectivity index (χ4n) is 2.56. The molecule has 3 N–H and O–H groups in total. The molecule has 114 valence electrons. The molecule has 1 atom stereocenters. The molecule has 6 heteroatoms. The van der Waals surface area contributed by atoms with E-state index in [9.17, 15) is 9.59 Å². The van der Waals surface area contributed by atoms with Crippen molar-refractivity contribution in [3.8, 4) is 0 Å². The lowest BCUT2D eigenvalue weighted by Crippen LogP contribution is -2.45. The van der Waals surface area contributed by atoms with E-state index in [0.717, 1.165) is 29.0 Å². The first-order chi connectivity index (χ1) is 10.0. The van der Waals surface area contributed by atoms with Gasteiger partial charge in [-0.2, -0.15) is 0 Å². The van der Waals surface area contributed by atoms with Crippen LogP contribution in [0.3, 0.4) is 0 Å². The van der Waals surface area contributed by atoms with Gasteiger partial charge in [-0.15, -0.1) is 11.8 Å². The highest BCUT2D eigenvalue weighted by molar-refractivity contribution is 7.98. The Morgan fingerprint density at radius 3 is 2.86 bits per heavy atom. The Morgan fingerprint density at radius 1 is 1.43 bits per heavy atom. The maximum absolute atomic E-state index is 12.3. The third-order valence-electron chi connectivity index (χ3n) is 3.86. The number of nitrogens with zero attached hydrogens (tertiary/aromatic N) is 1. The molecule has 21 heavy (non-hydrogen) atoms. The third kappa shape index (κ3) is 3.69. The van der Waals surface area contributed by atoms with Crippen LogP contribution in [0.25, 0.3) is 0 Å². The van der Waals surface area contributed by atoms with Gasteiger partial charge in [-0.25, -0.2) is 4.79 Å². The van der Waals surface area contributed by atoms with Crippen molar-refractivity contribution in [2.75, 3.05) is 24.7 Å². The molecule has 0 saturated carbocycles. The summed E-state index contributed by atoms with van der Waals surface area (Å²) in [7, 11) is 0. The number of thioether (sulfide) groups is 1. The molecule has 0 aliphatic carbocycles. The van der Waals surface area contributed by atoms with Crippen LogP contribution in [0.4, 0.5) is 10.5 Å². The molecule has 1 aliphatic heterocycles. The van der Waals surface area contributed by atoms with E-state index in [1.54, 1.807) is 16.7 Å². The Kier molecular flexibility index (Phi) is 5.12.